The molecule has 0 atom stereocenters. The van der Waals surface area contributed by atoms with Crippen molar-refractivity contribution in [1.82, 2.24) is 4.68 Å². The molecule has 0 amide bonds. The fourth-order valence-corrected chi connectivity index (χ4v) is 4.18. The van der Waals surface area contributed by atoms with Crippen LogP contribution in [0, 0.1) is 0 Å². The summed E-state index contributed by atoms with van der Waals surface area (Å²) in [5, 5.41) is 9.42. The van der Waals surface area contributed by atoms with Gasteiger partial charge in [0.25, 0.3) is 0 Å². The Bertz CT molecular complexity index is 1150. The first-order valence-corrected chi connectivity index (χ1v) is 12.3. The molecule has 0 saturated carbocycles. The highest BCUT2D eigenvalue weighted by atomic mass is 16.5. The fraction of sp³-hybridized carbons (Fsp3) is 0.393. The van der Waals surface area contributed by atoms with E-state index in [9.17, 15) is 0 Å². The fourth-order valence-electron chi connectivity index (χ4n) is 4.18. The molecule has 3 rings (SSSR count). The molecule has 1 heterocycles. The largest absolute Gasteiger partial charge is 0.494 e. The highest BCUT2D eigenvalue weighted by Crippen LogP contribution is 2.38. The minimum Gasteiger partial charge on any atom is -0.494 e. The molecule has 0 spiro atoms. The van der Waals surface area contributed by atoms with Crippen molar-refractivity contribution in [1.29, 1.82) is 0 Å². The molecule has 0 radical (unpaired) electrons. The lowest BCUT2D eigenvalue weighted by Crippen LogP contribution is -2.31. The Morgan fingerprint density at radius 2 is 1.21 bits per heavy atom. The number of ether oxygens (including phenoxy) is 4. The van der Waals surface area contributed by atoms with Crippen LogP contribution in [0.15, 0.2) is 46.9 Å². The van der Waals surface area contributed by atoms with Crippen LogP contribution in [-0.4, -0.2) is 73.7 Å². The molecule has 10 nitrogen and oxygen atoms in total. The maximum Gasteiger partial charge on any atom is 0.307 e. The van der Waals surface area contributed by atoms with Gasteiger partial charge in [-0.3, -0.25) is 0 Å². The summed E-state index contributed by atoms with van der Waals surface area (Å²) in [7, 11) is 14.4. The molecule has 0 unspecified atom stereocenters. The van der Waals surface area contributed by atoms with E-state index >= 15 is 0 Å². The molecule has 0 aliphatic heterocycles. The minimum atomic E-state index is 0.711. The summed E-state index contributed by atoms with van der Waals surface area (Å²) >= 11 is 0. The van der Waals surface area contributed by atoms with Gasteiger partial charge in [0.15, 0.2) is 12.4 Å². The van der Waals surface area contributed by atoms with Crippen LogP contribution in [0.4, 0.5) is 11.4 Å². The molecule has 38 heavy (non-hydrogen) atoms. The summed E-state index contributed by atoms with van der Waals surface area (Å²) in [6.45, 7) is 2.13. The topological polar surface area (TPSA) is 76.9 Å². The second kappa shape index (κ2) is 12.8. The van der Waals surface area contributed by atoms with Crippen LogP contribution in [0.1, 0.15) is 30.3 Å². The second-order valence-corrected chi connectivity index (χ2v) is 8.98. The Labute approximate surface area is 225 Å². The summed E-state index contributed by atoms with van der Waals surface area (Å²) in [6.07, 6.45) is 9.07. The summed E-state index contributed by atoms with van der Waals surface area (Å²) < 4.78 is 26.1. The van der Waals surface area contributed by atoms with Gasteiger partial charge in [0.1, 0.15) is 34.4 Å². The number of aromatic nitrogens is 2. The molecule has 0 bridgehead atoms. The quantitative estimate of drug-likeness (QED) is 0.266. The third kappa shape index (κ3) is 6.19. The molecule has 10 heteroatoms. The number of methoxy groups -OCH3 is 4. The third-order valence-corrected chi connectivity index (χ3v) is 5.91. The molecule has 0 saturated heterocycles. The van der Waals surface area contributed by atoms with Gasteiger partial charge in [-0.2, -0.15) is 0 Å². The Morgan fingerprint density at radius 3 is 1.61 bits per heavy atom. The van der Waals surface area contributed by atoms with Crippen LogP contribution in [0.3, 0.4) is 0 Å². The summed E-state index contributed by atoms with van der Waals surface area (Å²) in [4.78, 5) is 3.92. The van der Waals surface area contributed by atoms with Crippen LogP contribution in [0.2, 0.25) is 0 Å². The van der Waals surface area contributed by atoms with Crippen molar-refractivity contribution in [2.45, 2.75) is 19.8 Å². The molecule has 204 valence electrons. The lowest BCUT2D eigenvalue weighted by Gasteiger charge is -2.20. The van der Waals surface area contributed by atoms with E-state index in [1.165, 1.54) is 0 Å². The first kappa shape index (κ1) is 28.4. The summed E-state index contributed by atoms with van der Waals surface area (Å²) in [6, 6.07) is 7.76. The smallest absolute Gasteiger partial charge is 0.307 e. The van der Waals surface area contributed by atoms with E-state index in [4.69, 9.17) is 29.2 Å². The van der Waals surface area contributed by atoms with Crippen molar-refractivity contribution in [3.63, 3.8) is 0 Å². The number of rotatable bonds is 12. The molecular formula is C28H39N6O4+. The van der Waals surface area contributed by atoms with Crippen LogP contribution < -0.4 is 33.4 Å². The Balaban J connectivity index is 1.96. The number of hydrogen-bond donors (Lipinski definition) is 0. The maximum atomic E-state index is 5.60. The van der Waals surface area contributed by atoms with Crippen molar-refractivity contribution in [3.05, 3.63) is 53.6 Å². The third-order valence-electron chi connectivity index (χ3n) is 5.91. The van der Waals surface area contributed by atoms with Gasteiger partial charge < -0.3 is 28.7 Å². The van der Waals surface area contributed by atoms with E-state index in [1.54, 1.807) is 40.9 Å². The second-order valence-electron chi connectivity index (χ2n) is 8.98. The van der Waals surface area contributed by atoms with Crippen LogP contribution in [-0.2, 0) is 6.42 Å². The number of imidazole rings is 1. The molecule has 2 aromatic carbocycles. The average Bonchev–Trinajstić information content (AvgIpc) is 3.30. The van der Waals surface area contributed by atoms with E-state index < -0.39 is 0 Å². The molecule has 0 aliphatic carbocycles. The van der Waals surface area contributed by atoms with Crippen LogP contribution in [0.5, 0.6) is 23.0 Å². The van der Waals surface area contributed by atoms with Gasteiger partial charge in [-0.05, 0) is 30.7 Å². The van der Waals surface area contributed by atoms with E-state index in [0.717, 1.165) is 41.2 Å². The monoisotopic (exact) mass is 523 g/mol. The lowest BCUT2D eigenvalue weighted by atomic mass is 10.1. The minimum absolute atomic E-state index is 0.711. The Morgan fingerprint density at radius 1 is 0.763 bits per heavy atom. The molecule has 1 aromatic heterocycles. The molecular weight excluding hydrogens is 484 g/mol. The SMILES string of the molecule is CCCc1n(/N=C\c2cc(OC)c(N(C)C)c(OC)c2)cc[n+]1/N=C\c1cc(OC)c(N(C)C)c(OC)c1. The highest BCUT2D eigenvalue weighted by molar-refractivity contribution is 5.85. The van der Waals surface area contributed by atoms with Gasteiger partial charge in [-0.15, -0.1) is 9.35 Å². The standard InChI is InChI=1S/C28H39N6O4/c1-10-11-26-33(29-18-20-14-22(35-6)27(31(2)3)23(15-20)36-7)12-13-34(26)30-19-21-16-24(37-8)28(32(4)5)25(17-21)38-9/h12-19H,10-11H2,1-9H3/q+1/b29-18-,30-19-. The van der Waals surface area contributed by atoms with E-state index in [-0.39, 0.29) is 0 Å². The predicted octanol–water partition coefficient (Wildman–Crippen LogP) is 3.66. The zero-order chi connectivity index (χ0) is 27.8. The normalized spacial score (nSPS) is 11.3. The maximum absolute atomic E-state index is 5.60. The van der Waals surface area contributed by atoms with Crippen molar-refractivity contribution in [2.75, 3.05) is 66.4 Å². The van der Waals surface area contributed by atoms with Crippen molar-refractivity contribution in [3.8, 4) is 23.0 Å². The van der Waals surface area contributed by atoms with Crippen molar-refractivity contribution >= 4 is 23.8 Å². The number of benzene rings is 2. The van der Waals surface area contributed by atoms with Gasteiger partial charge in [0.2, 0.25) is 0 Å². The highest BCUT2D eigenvalue weighted by Gasteiger charge is 2.18. The summed E-state index contributed by atoms with van der Waals surface area (Å²) in [5.74, 6) is 3.78. The Kier molecular flexibility index (Phi) is 9.59. The predicted molar refractivity (Wildman–Crippen MR) is 152 cm³/mol. The van der Waals surface area contributed by atoms with Gasteiger partial charge in [0.05, 0.1) is 47.3 Å². The van der Waals surface area contributed by atoms with Gasteiger partial charge >= 0.3 is 5.82 Å². The van der Waals surface area contributed by atoms with Crippen LogP contribution >= 0.6 is 0 Å². The van der Waals surface area contributed by atoms with E-state index in [0.29, 0.717) is 23.0 Å². The van der Waals surface area contributed by atoms with E-state index in [2.05, 4.69) is 6.92 Å². The van der Waals surface area contributed by atoms with Gasteiger partial charge in [-0.25, -0.2) is 0 Å². The van der Waals surface area contributed by atoms with Crippen LogP contribution in [0.25, 0.3) is 0 Å². The number of anilines is 2. The molecule has 3 aromatic rings. The average molecular weight is 524 g/mol. The Hall–Kier alpha value is -4.21. The van der Waals surface area contributed by atoms with Crippen molar-refractivity contribution < 1.29 is 23.6 Å². The molecule has 0 fully saturated rings. The van der Waals surface area contributed by atoms with Gasteiger partial charge in [0, 0.05) is 39.3 Å². The first-order chi connectivity index (χ1) is 18.3. The number of hydrogen-bond acceptors (Lipinski definition) is 8. The zero-order valence-electron chi connectivity index (χ0n) is 23.8. The molecule has 0 N–H and O–H groups in total. The lowest BCUT2D eigenvalue weighted by molar-refractivity contribution is -0.685. The van der Waals surface area contributed by atoms with Gasteiger partial charge in [-0.1, -0.05) is 17.1 Å². The molecule has 0 aliphatic rings. The zero-order valence-corrected chi connectivity index (χ0v) is 23.8. The number of nitrogens with zero attached hydrogens (tertiary/aromatic N) is 6. The van der Waals surface area contributed by atoms with Crippen molar-refractivity contribution in [2.24, 2.45) is 10.2 Å². The first-order valence-electron chi connectivity index (χ1n) is 12.3. The summed E-state index contributed by atoms with van der Waals surface area (Å²) in [5.41, 5.74) is 3.46. The van der Waals surface area contributed by atoms with E-state index in [1.807, 2.05) is 84.0 Å².